The first-order valence-corrected chi connectivity index (χ1v) is 20.3. The van der Waals surface area contributed by atoms with E-state index in [1.165, 1.54) is 77.5 Å². The van der Waals surface area contributed by atoms with E-state index in [1.54, 1.807) is 0 Å². The Morgan fingerprint density at radius 3 is 1.15 bits per heavy atom. The van der Waals surface area contributed by atoms with Crippen molar-refractivity contribution in [1.29, 1.82) is 0 Å². The molecule has 1 heteroatoms. The molecule has 0 atom stereocenters. The molecule has 0 saturated carbocycles. The third-order valence-electron chi connectivity index (χ3n) is 11.3. The van der Waals surface area contributed by atoms with Crippen molar-refractivity contribution in [3.05, 3.63) is 249 Å². The molecule has 0 aliphatic carbocycles. The predicted octanol–water partition coefficient (Wildman–Crippen LogP) is 16.3. The lowest BCUT2D eigenvalue weighted by Crippen LogP contribution is -2.10. The van der Waals surface area contributed by atoms with Crippen molar-refractivity contribution in [2.75, 3.05) is 4.90 Å². The van der Waals surface area contributed by atoms with E-state index in [4.69, 9.17) is 0 Å². The summed E-state index contributed by atoms with van der Waals surface area (Å²) in [6.07, 6.45) is 0. The number of nitrogens with zero attached hydrogens (tertiary/aromatic N) is 1. The molecule has 0 amide bonds. The van der Waals surface area contributed by atoms with Gasteiger partial charge in [-0.05, 0) is 120 Å². The molecule has 1 nitrogen and oxygen atoms in total. The minimum Gasteiger partial charge on any atom is -0.310 e. The van der Waals surface area contributed by atoms with Crippen LogP contribution in [0.1, 0.15) is 0 Å². The van der Waals surface area contributed by atoms with E-state index in [9.17, 15) is 0 Å². The van der Waals surface area contributed by atoms with Gasteiger partial charge in [-0.1, -0.05) is 206 Å². The summed E-state index contributed by atoms with van der Waals surface area (Å²) in [4.78, 5) is 2.37. The number of hydrogen-bond donors (Lipinski definition) is 0. The summed E-state index contributed by atoms with van der Waals surface area (Å²) in [6.45, 7) is 0. The van der Waals surface area contributed by atoms with Gasteiger partial charge < -0.3 is 4.90 Å². The van der Waals surface area contributed by atoms with E-state index in [0.29, 0.717) is 0 Å². The number of fused-ring (bicyclic) bond motifs is 1. The van der Waals surface area contributed by atoms with Gasteiger partial charge in [0.15, 0.2) is 0 Å². The molecule has 10 aromatic rings. The molecule has 0 bridgehead atoms. The minimum absolute atomic E-state index is 1.09. The summed E-state index contributed by atoms with van der Waals surface area (Å²) in [5, 5.41) is 2.51. The van der Waals surface area contributed by atoms with Crippen LogP contribution in [-0.4, -0.2) is 0 Å². The highest BCUT2D eigenvalue weighted by Crippen LogP contribution is 2.42. The van der Waals surface area contributed by atoms with Crippen LogP contribution in [0.5, 0.6) is 0 Å². The quantitative estimate of drug-likeness (QED) is 0.142. The molecule has 59 heavy (non-hydrogen) atoms. The molecule has 0 spiro atoms. The highest BCUT2D eigenvalue weighted by molar-refractivity contribution is 6.06. The lowest BCUT2D eigenvalue weighted by molar-refractivity contribution is 1.28. The van der Waals surface area contributed by atoms with Gasteiger partial charge in [0.1, 0.15) is 0 Å². The van der Waals surface area contributed by atoms with Gasteiger partial charge in [-0.15, -0.1) is 0 Å². The Bertz CT molecular complexity index is 2990. The summed E-state index contributed by atoms with van der Waals surface area (Å²) in [5.41, 5.74) is 17.7. The molecule has 10 aromatic carbocycles. The fourth-order valence-electron chi connectivity index (χ4n) is 8.39. The Hall–Kier alpha value is -7.74. The molecular weight excluding hydrogens is 711 g/mol. The van der Waals surface area contributed by atoms with Crippen LogP contribution in [0.4, 0.5) is 17.1 Å². The van der Waals surface area contributed by atoms with Gasteiger partial charge in [0.05, 0.1) is 0 Å². The third-order valence-corrected chi connectivity index (χ3v) is 11.3. The van der Waals surface area contributed by atoms with Gasteiger partial charge in [0.25, 0.3) is 0 Å². The van der Waals surface area contributed by atoms with Crippen molar-refractivity contribution >= 4 is 27.8 Å². The monoisotopic (exact) mass is 751 g/mol. The Morgan fingerprint density at radius 2 is 0.593 bits per heavy atom. The van der Waals surface area contributed by atoms with E-state index < -0.39 is 0 Å². The van der Waals surface area contributed by atoms with Gasteiger partial charge in [-0.3, -0.25) is 0 Å². The molecule has 0 saturated heterocycles. The number of anilines is 3. The smallest absolute Gasteiger partial charge is 0.0468 e. The van der Waals surface area contributed by atoms with Crippen LogP contribution >= 0.6 is 0 Å². The topological polar surface area (TPSA) is 3.24 Å². The number of benzene rings is 10. The normalized spacial score (nSPS) is 11.1. The molecular formula is C58H41N. The molecule has 0 aliphatic rings. The number of hydrogen-bond acceptors (Lipinski definition) is 1. The van der Waals surface area contributed by atoms with Crippen LogP contribution in [0.15, 0.2) is 249 Å². The van der Waals surface area contributed by atoms with E-state index in [1.807, 2.05) is 0 Å². The van der Waals surface area contributed by atoms with Crippen molar-refractivity contribution in [2.24, 2.45) is 0 Å². The molecule has 278 valence electrons. The van der Waals surface area contributed by atoms with Crippen LogP contribution in [0.25, 0.3) is 77.5 Å². The Balaban J connectivity index is 1.06. The maximum Gasteiger partial charge on any atom is 0.0468 e. The summed E-state index contributed by atoms with van der Waals surface area (Å²) in [6, 6.07) is 89.7. The van der Waals surface area contributed by atoms with Crippen molar-refractivity contribution in [1.82, 2.24) is 0 Å². The minimum atomic E-state index is 1.09. The van der Waals surface area contributed by atoms with E-state index in [2.05, 4.69) is 254 Å². The zero-order chi connectivity index (χ0) is 39.4. The summed E-state index contributed by atoms with van der Waals surface area (Å²) in [5.74, 6) is 0. The first kappa shape index (κ1) is 35.7. The lowest BCUT2D eigenvalue weighted by Gasteiger charge is -2.27. The average molecular weight is 752 g/mol. The summed E-state index contributed by atoms with van der Waals surface area (Å²) < 4.78 is 0. The summed E-state index contributed by atoms with van der Waals surface area (Å²) >= 11 is 0. The first-order valence-electron chi connectivity index (χ1n) is 20.3. The van der Waals surface area contributed by atoms with Crippen LogP contribution in [0.3, 0.4) is 0 Å². The fourth-order valence-corrected chi connectivity index (χ4v) is 8.39. The molecule has 0 radical (unpaired) electrons. The maximum atomic E-state index is 2.37. The second-order valence-corrected chi connectivity index (χ2v) is 14.9. The maximum absolute atomic E-state index is 2.37. The third kappa shape index (κ3) is 7.23. The Labute approximate surface area is 346 Å². The van der Waals surface area contributed by atoms with Gasteiger partial charge in [0, 0.05) is 17.1 Å². The summed E-state index contributed by atoms with van der Waals surface area (Å²) in [7, 11) is 0. The molecule has 0 N–H and O–H groups in total. The Kier molecular flexibility index (Phi) is 9.68. The first-order chi connectivity index (χ1) is 29.3. The SMILES string of the molecule is c1ccc(-c2ccc(N(c3ccc(-c4cccc(-c5cccc6cccc(-c7ccccc7)c56)c4)cc3)c3ccc(-c4ccccc4)c(-c4ccccc4)c3)cc2)cc1. The van der Waals surface area contributed by atoms with Crippen LogP contribution in [-0.2, 0) is 0 Å². The van der Waals surface area contributed by atoms with Crippen molar-refractivity contribution < 1.29 is 0 Å². The van der Waals surface area contributed by atoms with Crippen molar-refractivity contribution in [3.8, 4) is 66.8 Å². The highest BCUT2D eigenvalue weighted by atomic mass is 15.1. The fraction of sp³-hybridized carbons (Fsp3) is 0. The highest BCUT2D eigenvalue weighted by Gasteiger charge is 2.18. The average Bonchev–Trinajstić information content (AvgIpc) is 3.33. The lowest BCUT2D eigenvalue weighted by atomic mass is 9.90. The zero-order valence-corrected chi connectivity index (χ0v) is 32.6. The van der Waals surface area contributed by atoms with Crippen LogP contribution in [0, 0.1) is 0 Å². The second kappa shape index (κ2) is 16.0. The zero-order valence-electron chi connectivity index (χ0n) is 32.6. The van der Waals surface area contributed by atoms with E-state index in [-0.39, 0.29) is 0 Å². The van der Waals surface area contributed by atoms with Gasteiger partial charge >= 0.3 is 0 Å². The van der Waals surface area contributed by atoms with Crippen molar-refractivity contribution in [3.63, 3.8) is 0 Å². The molecule has 0 unspecified atom stereocenters. The largest absolute Gasteiger partial charge is 0.310 e. The second-order valence-electron chi connectivity index (χ2n) is 14.9. The van der Waals surface area contributed by atoms with Gasteiger partial charge in [-0.2, -0.15) is 0 Å². The predicted molar refractivity (Wildman–Crippen MR) is 251 cm³/mol. The van der Waals surface area contributed by atoms with E-state index >= 15 is 0 Å². The standard InChI is InChI=1S/C58H41N/c1-5-16-42(17-6-1)43-30-34-51(35-31-43)59(53-38-39-54(45-18-7-2-8-19-45)57(41-53)47-22-11-4-12-23-47)52-36-32-44(33-37-52)49-26-13-27-50(40-49)56-29-15-25-48-24-14-28-55(58(48)56)46-20-9-3-10-21-46/h1-41H. The van der Waals surface area contributed by atoms with Gasteiger partial charge in [0.2, 0.25) is 0 Å². The molecule has 0 heterocycles. The molecule has 10 rings (SSSR count). The van der Waals surface area contributed by atoms with Gasteiger partial charge in [-0.25, -0.2) is 0 Å². The van der Waals surface area contributed by atoms with Crippen LogP contribution in [0.2, 0.25) is 0 Å². The Morgan fingerprint density at radius 1 is 0.203 bits per heavy atom. The van der Waals surface area contributed by atoms with E-state index in [0.717, 1.165) is 17.1 Å². The molecule has 0 aromatic heterocycles. The molecule has 0 aliphatic heterocycles. The molecule has 0 fully saturated rings. The van der Waals surface area contributed by atoms with Crippen LogP contribution < -0.4 is 4.90 Å². The van der Waals surface area contributed by atoms with Crippen molar-refractivity contribution in [2.45, 2.75) is 0 Å². The number of rotatable bonds is 9.